The molecule has 4 nitrogen and oxygen atoms in total. The van der Waals surface area contributed by atoms with Crippen LogP contribution in [0.1, 0.15) is 11.1 Å². The number of amidine groups is 1. The van der Waals surface area contributed by atoms with Gasteiger partial charge in [0.05, 0.1) is 5.75 Å². The number of fused-ring (bicyclic) bond motifs is 3. The van der Waals surface area contributed by atoms with Crippen LogP contribution in [0, 0.1) is 0 Å². The second-order valence-electron chi connectivity index (χ2n) is 4.02. The van der Waals surface area contributed by atoms with Crippen LogP contribution in [0.5, 0.6) is 0 Å². The third-order valence-corrected chi connectivity index (χ3v) is 4.00. The second kappa shape index (κ2) is 3.30. The van der Waals surface area contributed by atoms with E-state index in [9.17, 15) is 8.42 Å². The summed E-state index contributed by atoms with van der Waals surface area (Å²) in [5, 5.41) is 1.98. The van der Waals surface area contributed by atoms with Crippen molar-refractivity contribution in [2.24, 2.45) is 10.1 Å². The standard InChI is InChI=1S/C12H10N2O2S/c13-12-11-9(7-17(15,16)14-12)6-5-8-3-1-2-4-10(8)11/h1-6H,7H2,(H2,13,14). The van der Waals surface area contributed by atoms with Crippen LogP contribution >= 0.6 is 0 Å². The largest absolute Gasteiger partial charge is 0.383 e. The topological polar surface area (TPSA) is 72.5 Å². The van der Waals surface area contributed by atoms with Gasteiger partial charge in [0.25, 0.3) is 10.0 Å². The predicted molar refractivity (Wildman–Crippen MR) is 67.3 cm³/mol. The number of hydrogen-bond donors (Lipinski definition) is 1. The Balaban J connectivity index is 2.43. The smallest absolute Gasteiger partial charge is 0.259 e. The Morgan fingerprint density at radius 3 is 2.71 bits per heavy atom. The molecule has 2 aromatic rings. The zero-order valence-corrected chi connectivity index (χ0v) is 9.74. The number of hydrogen-bond acceptors (Lipinski definition) is 3. The van der Waals surface area contributed by atoms with Crippen molar-refractivity contribution < 1.29 is 8.42 Å². The maximum atomic E-state index is 11.5. The van der Waals surface area contributed by atoms with Gasteiger partial charge in [-0.25, -0.2) is 8.42 Å². The van der Waals surface area contributed by atoms with Crippen LogP contribution in [-0.4, -0.2) is 14.3 Å². The summed E-state index contributed by atoms with van der Waals surface area (Å²) in [4.78, 5) is 0. The van der Waals surface area contributed by atoms with Gasteiger partial charge in [-0.05, 0) is 16.3 Å². The number of nitrogens with two attached hydrogens (primary N) is 1. The first-order valence-electron chi connectivity index (χ1n) is 5.16. The highest BCUT2D eigenvalue weighted by atomic mass is 32.2. The van der Waals surface area contributed by atoms with Crippen molar-refractivity contribution in [1.29, 1.82) is 0 Å². The minimum absolute atomic E-state index is 0.0755. The lowest BCUT2D eigenvalue weighted by Crippen LogP contribution is -2.24. The lowest BCUT2D eigenvalue weighted by atomic mass is 9.99. The molecule has 1 aliphatic rings. The molecule has 0 aromatic heterocycles. The molecule has 0 bridgehead atoms. The Labute approximate surface area is 98.8 Å². The lowest BCUT2D eigenvalue weighted by molar-refractivity contribution is 0.596. The van der Waals surface area contributed by atoms with Gasteiger partial charge in [0.1, 0.15) is 5.84 Å². The highest BCUT2D eigenvalue weighted by molar-refractivity contribution is 7.89. The van der Waals surface area contributed by atoms with E-state index < -0.39 is 10.0 Å². The summed E-state index contributed by atoms with van der Waals surface area (Å²) in [7, 11) is -3.45. The first kappa shape index (κ1) is 10.3. The molecule has 0 amide bonds. The molecule has 5 heteroatoms. The van der Waals surface area contributed by atoms with Gasteiger partial charge in [-0.15, -0.1) is 4.40 Å². The van der Waals surface area contributed by atoms with Gasteiger partial charge in [-0.3, -0.25) is 0 Å². The Morgan fingerprint density at radius 2 is 1.88 bits per heavy atom. The maximum absolute atomic E-state index is 11.5. The quantitative estimate of drug-likeness (QED) is 0.763. The normalized spacial score (nSPS) is 17.5. The van der Waals surface area contributed by atoms with Crippen LogP contribution in [0.15, 0.2) is 40.8 Å². The average molecular weight is 246 g/mol. The maximum Gasteiger partial charge on any atom is 0.259 e. The summed E-state index contributed by atoms with van der Waals surface area (Å²) in [6.07, 6.45) is 0. The van der Waals surface area contributed by atoms with Crippen molar-refractivity contribution in [3.8, 4) is 0 Å². The minimum Gasteiger partial charge on any atom is -0.383 e. The number of rotatable bonds is 0. The molecule has 0 saturated heterocycles. The first-order chi connectivity index (χ1) is 8.07. The molecule has 2 aromatic carbocycles. The highest BCUT2D eigenvalue weighted by Gasteiger charge is 2.23. The SMILES string of the molecule is NC1=NS(=O)(=O)Cc2ccc3ccccc3c21. The lowest BCUT2D eigenvalue weighted by Gasteiger charge is -2.16. The summed E-state index contributed by atoms with van der Waals surface area (Å²) in [6.45, 7) is 0. The Hall–Kier alpha value is -1.88. The molecule has 0 saturated carbocycles. The van der Waals surface area contributed by atoms with E-state index in [1.165, 1.54) is 0 Å². The molecule has 17 heavy (non-hydrogen) atoms. The van der Waals surface area contributed by atoms with Crippen molar-refractivity contribution in [3.63, 3.8) is 0 Å². The number of benzene rings is 2. The Morgan fingerprint density at radius 1 is 1.12 bits per heavy atom. The van der Waals surface area contributed by atoms with Crippen LogP contribution in [-0.2, 0) is 15.8 Å². The number of sulfonamides is 1. The molecule has 1 aliphatic heterocycles. The summed E-state index contributed by atoms with van der Waals surface area (Å²) < 4.78 is 26.6. The van der Waals surface area contributed by atoms with Crippen molar-refractivity contribution >= 4 is 26.6 Å². The van der Waals surface area contributed by atoms with E-state index in [1.54, 1.807) is 6.07 Å². The van der Waals surface area contributed by atoms with E-state index >= 15 is 0 Å². The van der Waals surface area contributed by atoms with Crippen molar-refractivity contribution in [3.05, 3.63) is 47.5 Å². The van der Waals surface area contributed by atoms with E-state index in [0.29, 0.717) is 0 Å². The van der Waals surface area contributed by atoms with Crippen molar-refractivity contribution in [2.45, 2.75) is 5.75 Å². The molecular weight excluding hydrogens is 236 g/mol. The predicted octanol–water partition coefficient (Wildman–Crippen LogP) is 1.39. The van der Waals surface area contributed by atoms with Gasteiger partial charge >= 0.3 is 0 Å². The number of nitrogens with zero attached hydrogens (tertiary/aromatic N) is 1. The molecule has 3 rings (SSSR count). The molecule has 86 valence electrons. The molecule has 0 fully saturated rings. The van der Waals surface area contributed by atoms with E-state index in [4.69, 9.17) is 5.73 Å². The fourth-order valence-corrected chi connectivity index (χ4v) is 3.25. The molecule has 1 heterocycles. The summed E-state index contributed by atoms with van der Waals surface area (Å²) in [5.74, 6) is 0.0106. The van der Waals surface area contributed by atoms with E-state index in [1.807, 2.05) is 30.3 Å². The van der Waals surface area contributed by atoms with Gasteiger partial charge in [-0.1, -0.05) is 36.4 Å². The fourth-order valence-electron chi connectivity index (χ4n) is 2.16. The first-order valence-corrected chi connectivity index (χ1v) is 6.77. The van der Waals surface area contributed by atoms with Crippen LogP contribution in [0.25, 0.3) is 10.8 Å². The fraction of sp³-hybridized carbons (Fsp3) is 0.0833. The molecule has 0 unspecified atom stereocenters. The van der Waals surface area contributed by atoms with Crippen LogP contribution in [0.2, 0.25) is 0 Å². The molecule has 0 atom stereocenters. The monoisotopic (exact) mass is 246 g/mol. The van der Waals surface area contributed by atoms with E-state index in [0.717, 1.165) is 21.9 Å². The minimum atomic E-state index is -3.45. The van der Waals surface area contributed by atoms with Gasteiger partial charge in [-0.2, -0.15) is 0 Å². The van der Waals surface area contributed by atoms with Crippen LogP contribution < -0.4 is 5.73 Å². The van der Waals surface area contributed by atoms with E-state index in [-0.39, 0.29) is 11.6 Å². The molecular formula is C12H10N2O2S. The summed E-state index contributed by atoms with van der Waals surface area (Å²) in [5.41, 5.74) is 7.23. The third-order valence-electron chi connectivity index (χ3n) is 2.85. The van der Waals surface area contributed by atoms with Crippen LogP contribution in [0.4, 0.5) is 0 Å². The second-order valence-corrected chi connectivity index (χ2v) is 5.66. The Bertz CT molecular complexity index is 748. The average Bonchev–Trinajstić information content (AvgIpc) is 2.26. The highest BCUT2D eigenvalue weighted by Crippen LogP contribution is 2.27. The van der Waals surface area contributed by atoms with Gasteiger partial charge < -0.3 is 5.73 Å². The van der Waals surface area contributed by atoms with Crippen molar-refractivity contribution in [2.75, 3.05) is 0 Å². The van der Waals surface area contributed by atoms with Crippen molar-refractivity contribution in [1.82, 2.24) is 0 Å². The van der Waals surface area contributed by atoms with E-state index in [2.05, 4.69) is 4.40 Å². The molecule has 2 N–H and O–H groups in total. The third kappa shape index (κ3) is 1.59. The zero-order chi connectivity index (χ0) is 12.0. The van der Waals surface area contributed by atoms with Gasteiger partial charge in [0.15, 0.2) is 0 Å². The molecule has 0 aliphatic carbocycles. The molecule has 0 radical (unpaired) electrons. The summed E-state index contributed by atoms with van der Waals surface area (Å²) >= 11 is 0. The molecule has 0 spiro atoms. The van der Waals surface area contributed by atoms with Crippen LogP contribution in [0.3, 0.4) is 0 Å². The van der Waals surface area contributed by atoms with Gasteiger partial charge in [0.2, 0.25) is 0 Å². The summed E-state index contributed by atoms with van der Waals surface area (Å²) in [6, 6.07) is 11.4. The zero-order valence-electron chi connectivity index (χ0n) is 8.92. The Kier molecular flexibility index (Phi) is 2.00. The van der Waals surface area contributed by atoms with Gasteiger partial charge in [0, 0.05) is 5.56 Å².